The Balaban J connectivity index is 2.25. The van der Waals surface area contributed by atoms with Gasteiger partial charge in [0.05, 0.1) is 13.0 Å². The van der Waals surface area contributed by atoms with Gasteiger partial charge in [0.2, 0.25) is 6.54 Å². The van der Waals surface area contributed by atoms with Gasteiger partial charge in [-0.3, -0.25) is 14.9 Å². The molecule has 5 nitrogen and oxygen atoms in total. The summed E-state index contributed by atoms with van der Waals surface area (Å²) in [5.74, 6) is 0.332. The van der Waals surface area contributed by atoms with E-state index in [0.717, 1.165) is 18.4 Å². The highest BCUT2D eigenvalue weighted by atomic mass is 16.6. The summed E-state index contributed by atoms with van der Waals surface area (Å²) in [5, 5.41) is 10.8. The average molecular weight is 263 g/mol. The molecule has 0 radical (unpaired) electrons. The fourth-order valence-corrected chi connectivity index (χ4v) is 2.74. The summed E-state index contributed by atoms with van der Waals surface area (Å²) in [6, 6.07) is 7.20. The van der Waals surface area contributed by atoms with E-state index in [1.54, 1.807) is 19.2 Å². The Morgan fingerprint density at radius 2 is 2.11 bits per heavy atom. The van der Waals surface area contributed by atoms with Crippen LogP contribution in [0.2, 0.25) is 0 Å². The first-order valence-electron chi connectivity index (χ1n) is 6.40. The van der Waals surface area contributed by atoms with Gasteiger partial charge in [0.1, 0.15) is 11.5 Å². The lowest BCUT2D eigenvalue weighted by atomic mass is 9.84. The maximum Gasteiger partial charge on any atom is 0.211 e. The van der Waals surface area contributed by atoms with E-state index in [-0.39, 0.29) is 29.1 Å². The predicted octanol–water partition coefficient (Wildman–Crippen LogP) is 2.42. The van der Waals surface area contributed by atoms with Crippen molar-refractivity contribution in [2.75, 3.05) is 13.7 Å². The molecular formula is C14H17NO4. The number of carbonyl (C=O) groups is 1. The molecule has 5 heteroatoms. The van der Waals surface area contributed by atoms with E-state index in [9.17, 15) is 14.9 Å². The third kappa shape index (κ3) is 3.10. The lowest BCUT2D eigenvalue weighted by molar-refractivity contribution is -0.484. The van der Waals surface area contributed by atoms with Crippen LogP contribution in [0.1, 0.15) is 30.7 Å². The largest absolute Gasteiger partial charge is 0.497 e. The molecule has 0 N–H and O–H groups in total. The Kier molecular flexibility index (Phi) is 4.14. The molecular weight excluding hydrogens is 246 g/mol. The van der Waals surface area contributed by atoms with Gasteiger partial charge in [0.15, 0.2) is 0 Å². The fourth-order valence-electron chi connectivity index (χ4n) is 2.74. The zero-order valence-electron chi connectivity index (χ0n) is 10.9. The Hall–Kier alpha value is -1.91. The molecule has 0 aromatic heterocycles. The maximum atomic E-state index is 11.8. The summed E-state index contributed by atoms with van der Waals surface area (Å²) in [6.07, 6.45) is 2.15. The van der Waals surface area contributed by atoms with Crippen LogP contribution in [0.5, 0.6) is 5.75 Å². The molecule has 0 spiro atoms. The Morgan fingerprint density at radius 3 is 2.58 bits per heavy atom. The number of carbonyl (C=O) groups excluding carboxylic acids is 1. The minimum atomic E-state index is -0.333. The van der Waals surface area contributed by atoms with E-state index in [1.807, 2.05) is 12.1 Å². The van der Waals surface area contributed by atoms with Crippen LogP contribution in [0.15, 0.2) is 24.3 Å². The second-order valence-corrected chi connectivity index (χ2v) is 4.86. The third-order valence-corrected chi connectivity index (χ3v) is 3.73. The second kappa shape index (κ2) is 5.82. The van der Waals surface area contributed by atoms with Gasteiger partial charge in [-0.2, -0.15) is 0 Å². The van der Waals surface area contributed by atoms with Gasteiger partial charge in [-0.1, -0.05) is 12.1 Å². The van der Waals surface area contributed by atoms with Gasteiger partial charge < -0.3 is 4.74 Å². The summed E-state index contributed by atoms with van der Waals surface area (Å²) in [5.41, 5.74) is 0.845. The second-order valence-electron chi connectivity index (χ2n) is 4.86. The van der Waals surface area contributed by atoms with E-state index in [0.29, 0.717) is 12.2 Å². The number of hydrogen-bond donors (Lipinski definition) is 0. The zero-order chi connectivity index (χ0) is 13.8. The van der Waals surface area contributed by atoms with Gasteiger partial charge >= 0.3 is 0 Å². The zero-order valence-corrected chi connectivity index (χ0v) is 10.9. The summed E-state index contributed by atoms with van der Waals surface area (Å²) >= 11 is 0. The molecule has 1 aliphatic rings. The Bertz CT molecular complexity index is 469. The molecule has 102 valence electrons. The molecule has 1 fully saturated rings. The molecule has 0 aliphatic heterocycles. The molecule has 0 unspecified atom stereocenters. The number of ketones is 1. The van der Waals surface area contributed by atoms with Crippen LogP contribution in [0.4, 0.5) is 0 Å². The minimum absolute atomic E-state index is 0.155. The number of Topliss-reactive ketones (excluding diaryl/α,β-unsaturated/α-hetero) is 1. The Morgan fingerprint density at radius 1 is 1.42 bits per heavy atom. The van der Waals surface area contributed by atoms with Crippen molar-refractivity contribution in [3.05, 3.63) is 39.9 Å². The summed E-state index contributed by atoms with van der Waals surface area (Å²) in [4.78, 5) is 22.4. The van der Waals surface area contributed by atoms with E-state index in [1.165, 1.54) is 0 Å². The standard InChI is InChI=1S/C14H17NO4/c1-19-11-7-5-10(6-8-11)13(9-15(17)18)12-3-2-4-14(12)16/h5-8,12-13H,2-4,9H2,1H3/t12-,13-/m0/s1. The van der Waals surface area contributed by atoms with E-state index in [2.05, 4.69) is 0 Å². The fraction of sp³-hybridized carbons (Fsp3) is 0.500. The molecule has 1 aliphatic carbocycles. The molecule has 1 aromatic rings. The number of ether oxygens (including phenoxy) is 1. The van der Waals surface area contributed by atoms with E-state index in [4.69, 9.17) is 4.74 Å². The van der Waals surface area contributed by atoms with Gasteiger partial charge in [-0.05, 0) is 30.5 Å². The van der Waals surface area contributed by atoms with Crippen LogP contribution in [-0.4, -0.2) is 24.4 Å². The monoisotopic (exact) mass is 263 g/mol. The van der Waals surface area contributed by atoms with Crippen LogP contribution < -0.4 is 4.74 Å². The summed E-state index contributed by atoms with van der Waals surface area (Å²) in [7, 11) is 1.57. The molecule has 2 rings (SSSR count). The molecule has 19 heavy (non-hydrogen) atoms. The van der Waals surface area contributed by atoms with Crippen LogP contribution in [0.25, 0.3) is 0 Å². The number of rotatable bonds is 5. The van der Waals surface area contributed by atoms with Crippen molar-refractivity contribution in [2.45, 2.75) is 25.2 Å². The molecule has 2 atom stereocenters. The minimum Gasteiger partial charge on any atom is -0.497 e. The molecule has 1 saturated carbocycles. The smallest absolute Gasteiger partial charge is 0.211 e. The van der Waals surface area contributed by atoms with E-state index >= 15 is 0 Å². The summed E-state index contributed by atoms with van der Waals surface area (Å²) < 4.78 is 5.08. The van der Waals surface area contributed by atoms with Crippen molar-refractivity contribution < 1.29 is 14.5 Å². The van der Waals surface area contributed by atoms with Crippen molar-refractivity contribution in [3.63, 3.8) is 0 Å². The van der Waals surface area contributed by atoms with Gasteiger partial charge in [-0.25, -0.2) is 0 Å². The van der Waals surface area contributed by atoms with Gasteiger partial charge in [-0.15, -0.1) is 0 Å². The van der Waals surface area contributed by atoms with Crippen LogP contribution in [-0.2, 0) is 4.79 Å². The van der Waals surface area contributed by atoms with Crippen molar-refractivity contribution in [1.29, 1.82) is 0 Å². The number of benzene rings is 1. The lowest BCUT2D eigenvalue weighted by Crippen LogP contribution is -2.24. The molecule has 0 amide bonds. The predicted molar refractivity (Wildman–Crippen MR) is 69.9 cm³/mol. The maximum absolute atomic E-state index is 11.8. The third-order valence-electron chi connectivity index (χ3n) is 3.73. The van der Waals surface area contributed by atoms with Gasteiger partial charge in [0.25, 0.3) is 0 Å². The highest BCUT2D eigenvalue weighted by Gasteiger charge is 2.35. The Labute approximate surface area is 111 Å². The normalized spacial score (nSPS) is 20.3. The number of methoxy groups -OCH3 is 1. The molecule has 0 bridgehead atoms. The van der Waals surface area contributed by atoms with Crippen molar-refractivity contribution in [2.24, 2.45) is 5.92 Å². The lowest BCUT2D eigenvalue weighted by Gasteiger charge is -2.19. The molecule has 0 heterocycles. The first kappa shape index (κ1) is 13.5. The average Bonchev–Trinajstić information content (AvgIpc) is 2.82. The van der Waals surface area contributed by atoms with Crippen molar-refractivity contribution in [1.82, 2.24) is 0 Å². The van der Waals surface area contributed by atoms with Crippen LogP contribution in [0, 0.1) is 16.0 Å². The first-order valence-corrected chi connectivity index (χ1v) is 6.40. The SMILES string of the molecule is COc1ccc([C@H](C[N+](=O)[O-])[C@@H]2CCCC2=O)cc1. The van der Waals surface area contributed by atoms with Crippen LogP contribution in [0.3, 0.4) is 0 Å². The molecule has 0 saturated heterocycles. The molecule has 1 aromatic carbocycles. The highest BCUT2D eigenvalue weighted by Crippen LogP contribution is 2.35. The number of hydrogen-bond acceptors (Lipinski definition) is 4. The van der Waals surface area contributed by atoms with E-state index < -0.39 is 0 Å². The quantitative estimate of drug-likeness (QED) is 0.604. The topological polar surface area (TPSA) is 69.4 Å². The van der Waals surface area contributed by atoms with Crippen LogP contribution >= 0.6 is 0 Å². The van der Waals surface area contributed by atoms with Crippen molar-refractivity contribution in [3.8, 4) is 5.75 Å². The summed E-state index contributed by atoms with van der Waals surface area (Å²) in [6.45, 7) is -0.192. The number of nitrogens with zero attached hydrogens (tertiary/aromatic N) is 1. The number of nitro groups is 1. The highest BCUT2D eigenvalue weighted by molar-refractivity contribution is 5.83. The first-order chi connectivity index (χ1) is 9.11. The van der Waals surface area contributed by atoms with Gasteiger partial charge in [0, 0.05) is 17.3 Å². The van der Waals surface area contributed by atoms with Crippen molar-refractivity contribution >= 4 is 5.78 Å².